The number of carbonyl (C=O) groups is 1. The van der Waals surface area contributed by atoms with Crippen molar-refractivity contribution in [2.45, 2.75) is 25.8 Å². The summed E-state index contributed by atoms with van der Waals surface area (Å²) in [6.07, 6.45) is 4.17. The van der Waals surface area contributed by atoms with Crippen LogP contribution in [0.3, 0.4) is 0 Å². The van der Waals surface area contributed by atoms with Crippen molar-refractivity contribution in [3.05, 3.63) is 52.4 Å². The highest BCUT2D eigenvalue weighted by molar-refractivity contribution is 5.76. The van der Waals surface area contributed by atoms with Crippen LogP contribution in [0.1, 0.15) is 24.8 Å². The monoisotopic (exact) mass is 356 g/mol. The van der Waals surface area contributed by atoms with Crippen LogP contribution in [0.25, 0.3) is 0 Å². The molecule has 0 radical (unpaired) electrons. The van der Waals surface area contributed by atoms with Gasteiger partial charge in [0.25, 0.3) is 5.56 Å². The molecule has 138 valence electrons. The molecule has 7 nitrogen and oxygen atoms in total. The molecule has 1 aliphatic rings. The second-order valence-corrected chi connectivity index (χ2v) is 6.59. The Bertz CT molecular complexity index is 788. The summed E-state index contributed by atoms with van der Waals surface area (Å²) in [6.45, 7) is 2.16. The van der Waals surface area contributed by atoms with E-state index in [1.54, 1.807) is 19.4 Å². The Morgan fingerprint density at radius 1 is 1.38 bits per heavy atom. The molecule has 26 heavy (non-hydrogen) atoms. The van der Waals surface area contributed by atoms with E-state index in [1.165, 1.54) is 0 Å². The van der Waals surface area contributed by atoms with Crippen molar-refractivity contribution < 1.29 is 9.53 Å². The quantitative estimate of drug-likeness (QED) is 0.823. The summed E-state index contributed by atoms with van der Waals surface area (Å²) < 4.78 is 5.13. The molecule has 7 heteroatoms. The maximum absolute atomic E-state index is 12.3. The van der Waals surface area contributed by atoms with Crippen molar-refractivity contribution in [3.63, 3.8) is 0 Å². The highest BCUT2D eigenvalue weighted by atomic mass is 16.5. The van der Waals surface area contributed by atoms with Crippen LogP contribution in [-0.2, 0) is 11.3 Å². The first-order valence-electron chi connectivity index (χ1n) is 8.83. The third-order valence-corrected chi connectivity index (χ3v) is 4.66. The van der Waals surface area contributed by atoms with Crippen molar-refractivity contribution in [3.8, 4) is 5.75 Å². The van der Waals surface area contributed by atoms with Gasteiger partial charge >= 0.3 is 0 Å². The molecule has 2 aromatic rings. The largest absolute Gasteiger partial charge is 0.497 e. The lowest BCUT2D eigenvalue weighted by Gasteiger charge is -2.33. The van der Waals surface area contributed by atoms with E-state index in [0.717, 1.165) is 42.9 Å². The number of H-pyrrole nitrogens is 1. The lowest BCUT2D eigenvalue weighted by Crippen LogP contribution is -2.38. The van der Waals surface area contributed by atoms with Gasteiger partial charge in [0.2, 0.25) is 5.91 Å². The molecule has 0 spiro atoms. The van der Waals surface area contributed by atoms with Crippen LogP contribution >= 0.6 is 0 Å². The van der Waals surface area contributed by atoms with Gasteiger partial charge in [-0.15, -0.1) is 0 Å². The number of piperidine rings is 1. The Hall–Kier alpha value is -2.83. The van der Waals surface area contributed by atoms with E-state index in [-0.39, 0.29) is 17.4 Å². The van der Waals surface area contributed by atoms with Gasteiger partial charge in [-0.3, -0.25) is 9.59 Å². The number of nitrogens with one attached hydrogen (secondary N) is 2. The van der Waals surface area contributed by atoms with Crippen molar-refractivity contribution in [1.82, 2.24) is 15.5 Å². The first kappa shape index (κ1) is 18.0. The number of methoxy groups -OCH3 is 1. The van der Waals surface area contributed by atoms with Crippen LogP contribution in [0.2, 0.25) is 0 Å². The summed E-state index contributed by atoms with van der Waals surface area (Å²) in [5, 5.41) is 9.22. The third kappa shape index (κ3) is 4.84. The number of benzene rings is 1. The van der Waals surface area contributed by atoms with E-state index in [4.69, 9.17) is 4.74 Å². The molecule has 1 aromatic carbocycles. The van der Waals surface area contributed by atoms with E-state index in [2.05, 4.69) is 20.4 Å². The maximum Gasteiger partial charge on any atom is 0.266 e. The lowest BCUT2D eigenvalue weighted by molar-refractivity contribution is -0.122. The van der Waals surface area contributed by atoms with Crippen molar-refractivity contribution in [1.29, 1.82) is 0 Å². The van der Waals surface area contributed by atoms with Crippen LogP contribution in [0.4, 0.5) is 5.69 Å². The molecule has 0 aliphatic carbocycles. The summed E-state index contributed by atoms with van der Waals surface area (Å²) >= 11 is 0. The van der Waals surface area contributed by atoms with Crippen LogP contribution < -0.4 is 20.5 Å². The molecule has 1 fully saturated rings. The summed E-state index contributed by atoms with van der Waals surface area (Å²) in [5.74, 6) is 1.13. The van der Waals surface area contributed by atoms with E-state index in [0.29, 0.717) is 13.0 Å². The van der Waals surface area contributed by atoms with E-state index in [9.17, 15) is 9.59 Å². The molecule has 1 atom stereocenters. The Morgan fingerprint density at radius 3 is 2.92 bits per heavy atom. The van der Waals surface area contributed by atoms with Gasteiger partial charge in [-0.05, 0) is 36.5 Å². The van der Waals surface area contributed by atoms with Crippen molar-refractivity contribution in [2.24, 2.45) is 5.92 Å². The average Bonchev–Trinajstić information content (AvgIpc) is 2.67. The van der Waals surface area contributed by atoms with Gasteiger partial charge < -0.3 is 15.0 Å². The van der Waals surface area contributed by atoms with Crippen LogP contribution in [-0.4, -0.2) is 36.3 Å². The standard InChI is InChI=1S/C19H24N4O3/c1-26-17-6-4-14(5-7-17)11-20-18(24)9-15-3-2-8-23(13-15)16-10-19(25)22-21-12-16/h4-7,10,12,15H,2-3,8-9,11,13H2,1H3,(H,20,24)(H,22,25). The smallest absolute Gasteiger partial charge is 0.266 e. The first-order chi connectivity index (χ1) is 12.6. The fourth-order valence-electron chi connectivity index (χ4n) is 3.28. The molecule has 1 unspecified atom stereocenters. The molecular formula is C19H24N4O3. The molecule has 1 saturated heterocycles. The minimum absolute atomic E-state index is 0.0525. The normalized spacial score (nSPS) is 17.0. The Kier molecular flexibility index (Phi) is 5.88. The number of hydrogen-bond acceptors (Lipinski definition) is 5. The van der Waals surface area contributed by atoms with Gasteiger partial charge in [0, 0.05) is 32.1 Å². The lowest BCUT2D eigenvalue weighted by atomic mass is 9.94. The summed E-state index contributed by atoms with van der Waals surface area (Å²) in [4.78, 5) is 25.9. The second-order valence-electron chi connectivity index (χ2n) is 6.59. The van der Waals surface area contributed by atoms with Gasteiger partial charge in [0.1, 0.15) is 5.75 Å². The van der Waals surface area contributed by atoms with E-state index >= 15 is 0 Å². The minimum atomic E-state index is -0.207. The summed E-state index contributed by atoms with van der Waals surface area (Å²) in [6, 6.07) is 9.22. The number of ether oxygens (including phenoxy) is 1. The number of aromatic amines is 1. The highest BCUT2D eigenvalue weighted by Crippen LogP contribution is 2.23. The Balaban J connectivity index is 1.49. The predicted octanol–water partition coefficient (Wildman–Crippen LogP) is 1.70. The fraction of sp³-hybridized carbons (Fsp3) is 0.421. The number of amides is 1. The maximum atomic E-state index is 12.3. The molecule has 2 heterocycles. The summed E-state index contributed by atoms with van der Waals surface area (Å²) in [5.41, 5.74) is 1.65. The second kappa shape index (κ2) is 8.51. The van der Waals surface area contributed by atoms with Crippen LogP contribution in [0.15, 0.2) is 41.3 Å². The molecule has 1 aliphatic heterocycles. The number of anilines is 1. The molecule has 3 rings (SSSR count). The first-order valence-corrected chi connectivity index (χ1v) is 8.83. The van der Waals surface area contributed by atoms with Crippen molar-refractivity contribution >= 4 is 11.6 Å². The van der Waals surface area contributed by atoms with Crippen LogP contribution in [0, 0.1) is 5.92 Å². The van der Waals surface area contributed by atoms with Crippen LogP contribution in [0.5, 0.6) is 5.75 Å². The number of rotatable bonds is 6. The van der Waals surface area contributed by atoms with Gasteiger partial charge in [-0.1, -0.05) is 12.1 Å². The number of aromatic nitrogens is 2. The zero-order chi connectivity index (χ0) is 18.4. The predicted molar refractivity (Wildman–Crippen MR) is 99.3 cm³/mol. The molecule has 1 aromatic heterocycles. The minimum Gasteiger partial charge on any atom is -0.497 e. The zero-order valence-corrected chi connectivity index (χ0v) is 14.9. The van der Waals surface area contributed by atoms with E-state index in [1.807, 2.05) is 24.3 Å². The van der Waals surface area contributed by atoms with Gasteiger partial charge in [-0.2, -0.15) is 5.10 Å². The SMILES string of the molecule is COc1ccc(CNC(=O)CC2CCCN(c3cn[nH]c(=O)c3)C2)cc1. The zero-order valence-electron chi connectivity index (χ0n) is 14.9. The van der Waals surface area contributed by atoms with Gasteiger partial charge in [0.15, 0.2) is 0 Å². The highest BCUT2D eigenvalue weighted by Gasteiger charge is 2.22. The number of nitrogens with zero attached hydrogens (tertiary/aromatic N) is 2. The van der Waals surface area contributed by atoms with E-state index < -0.39 is 0 Å². The number of carbonyl (C=O) groups excluding carboxylic acids is 1. The van der Waals surface area contributed by atoms with Crippen molar-refractivity contribution in [2.75, 3.05) is 25.1 Å². The molecular weight excluding hydrogens is 332 g/mol. The molecule has 0 bridgehead atoms. The number of hydrogen-bond donors (Lipinski definition) is 2. The Labute approximate surface area is 152 Å². The topological polar surface area (TPSA) is 87.3 Å². The molecule has 2 N–H and O–H groups in total. The van der Waals surface area contributed by atoms with Gasteiger partial charge in [0.05, 0.1) is 19.0 Å². The third-order valence-electron chi connectivity index (χ3n) is 4.66. The Morgan fingerprint density at radius 2 is 2.19 bits per heavy atom. The molecule has 0 saturated carbocycles. The molecule has 1 amide bonds. The average molecular weight is 356 g/mol. The summed E-state index contributed by atoms with van der Waals surface area (Å²) in [7, 11) is 1.63. The fourth-order valence-corrected chi connectivity index (χ4v) is 3.28. The van der Waals surface area contributed by atoms with Gasteiger partial charge in [-0.25, -0.2) is 5.10 Å².